The van der Waals surface area contributed by atoms with Gasteiger partial charge in [0.1, 0.15) is 17.3 Å². The summed E-state index contributed by atoms with van der Waals surface area (Å²) in [5, 5.41) is 2.71. The minimum absolute atomic E-state index is 0.239. The monoisotopic (exact) mass is 295 g/mol. The van der Waals surface area contributed by atoms with Gasteiger partial charge >= 0.3 is 0 Å². The van der Waals surface area contributed by atoms with Crippen molar-refractivity contribution in [3.8, 4) is 0 Å². The first kappa shape index (κ1) is 14.1. The molecule has 4 nitrogen and oxygen atoms in total. The molecule has 2 aromatic rings. The Kier molecular flexibility index (Phi) is 4.05. The maximum absolute atomic E-state index is 13.6. The molecule has 0 unspecified atom stereocenters. The van der Waals surface area contributed by atoms with Gasteiger partial charge in [0.2, 0.25) is 0 Å². The van der Waals surface area contributed by atoms with E-state index in [0.29, 0.717) is 35.6 Å². The Hall–Kier alpha value is -2.82. The average molecular weight is 295 g/mol. The first-order valence-electron chi connectivity index (χ1n) is 6.97. The molecule has 0 aliphatic carbocycles. The van der Waals surface area contributed by atoms with Gasteiger partial charge in [-0.1, -0.05) is 24.3 Å². The maximum atomic E-state index is 13.6. The van der Waals surface area contributed by atoms with Crippen LogP contribution in [0, 0.1) is 5.82 Å². The molecular formula is C17H14FN3O. The van der Waals surface area contributed by atoms with Crippen molar-refractivity contribution in [1.82, 2.24) is 10.3 Å². The first-order chi connectivity index (χ1) is 10.7. The average Bonchev–Trinajstić information content (AvgIpc) is 2.88. The number of benzene rings is 1. The molecule has 3 rings (SSSR count). The van der Waals surface area contributed by atoms with E-state index >= 15 is 0 Å². The van der Waals surface area contributed by atoms with Crippen LogP contribution >= 0.6 is 0 Å². The van der Waals surface area contributed by atoms with E-state index in [-0.39, 0.29) is 11.7 Å². The Morgan fingerprint density at radius 2 is 1.91 bits per heavy atom. The van der Waals surface area contributed by atoms with E-state index in [4.69, 9.17) is 0 Å². The Morgan fingerprint density at radius 3 is 2.68 bits per heavy atom. The summed E-state index contributed by atoms with van der Waals surface area (Å²) in [6.45, 7) is 0. The number of pyridine rings is 1. The van der Waals surface area contributed by atoms with Gasteiger partial charge in [-0.25, -0.2) is 9.38 Å². The fourth-order valence-corrected chi connectivity index (χ4v) is 2.19. The summed E-state index contributed by atoms with van der Waals surface area (Å²) in [4.78, 5) is 20.3. The van der Waals surface area contributed by atoms with E-state index in [9.17, 15) is 9.18 Å². The molecule has 1 aromatic heterocycles. The van der Waals surface area contributed by atoms with E-state index < -0.39 is 0 Å². The van der Waals surface area contributed by atoms with Gasteiger partial charge in [-0.15, -0.1) is 0 Å². The number of rotatable bonds is 4. The number of hydrogen-bond acceptors (Lipinski definition) is 3. The topological polar surface area (TPSA) is 54.4 Å². The van der Waals surface area contributed by atoms with Gasteiger partial charge < -0.3 is 5.32 Å². The minimum atomic E-state index is -0.255. The van der Waals surface area contributed by atoms with Crippen LogP contribution in [0.1, 0.15) is 17.7 Å². The Labute approximate surface area is 127 Å². The number of nitrogens with one attached hydrogen (secondary N) is 1. The van der Waals surface area contributed by atoms with Crippen molar-refractivity contribution in [2.75, 3.05) is 0 Å². The van der Waals surface area contributed by atoms with Crippen LogP contribution in [0.15, 0.2) is 59.4 Å². The van der Waals surface area contributed by atoms with Crippen molar-refractivity contribution >= 4 is 17.8 Å². The van der Waals surface area contributed by atoms with Crippen LogP contribution in [-0.2, 0) is 11.2 Å². The lowest BCUT2D eigenvalue weighted by atomic mass is 10.1. The van der Waals surface area contributed by atoms with Crippen molar-refractivity contribution < 1.29 is 9.18 Å². The van der Waals surface area contributed by atoms with E-state index in [1.165, 1.54) is 6.07 Å². The molecule has 0 fully saturated rings. The van der Waals surface area contributed by atoms with E-state index in [2.05, 4.69) is 15.3 Å². The van der Waals surface area contributed by atoms with Crippen LogP contribution in [0.4, 0.5) is 4.39 Å². The molecule has 0 bridgehead atoms. The Bertz CT molecular complexity index is 754. The van der Waals surface area contributed by atoms with Crippen LogP contribution < -0.4 is 5.32 Å². The van der Waals surface area contributed by atoms with Crippen molar-refractivity contribution in [2.45, 2.75) is 12.8 Å². The van der Waals surface area contributed by atoms with Crippen molar-refractivity contribution in [2.24, 2.45) is 4.99 Å². The van der Waals surface area contributed by atoms with Gasteiger partial charge in [0.05, 0.1) is 5.69 Å². The molecule has 1 aliphatic rings. The number of amidine groups is 1. The van der Waals surface area contributed by atoms with Crippen LogP contribution in [0.2, 0.25) is 0 Å². The third-order valence-corrected chi connectivity index (χ3v) is 3.31. The highest BCUT2D eigenvalue weighted by Gasteiger charge is 2.20. The summed E-state index contributed by atoms with van der Waals surface area (Å²) >= 11 is 0. The molecule has 1 aliphatic heterocycles. The van der Waals surface area contributed by atoms with Gasteiger partial charge in [0.25, 0.3) is 5.91 Å². The summed E-state index contributed by atoms with van der Waals surface area (Å²) in [5.74, 6) is 0.0568. The maximum Gasteiger partial charge on any atom is 0.275 e. The van der Waals surface area contributed by atoms with Crippen molar-refractivity contribution in [3.63, 3.8) is 0 Å². The van der Waals surface area contributed by atoms with Crippen LogP contribution in [0.5, 0.6) is 0 Å². The predicted octanol–water partition coefficient (Wildman–Crippen LogP) is 2.72. The number of aromatic nitrogens is 1. The van der Waals surface area contributed by atoms with Gasteiger partial charge in [-0.2, -0.15) is 0 Å². The van der Waals surface area contributed by atoms with Gasteiger partial charge in [-0.3, -0.25) is 9.78 Å². The third-order valence-electron chi connectivity index (χ3n) is 3.31. The number of amides is 1. The zero-order valence-electron chi connectivity index (χ0n) is 11.8. The van der Waals surface area contributed by atoms with Crippen molar-refractivity contribution in [1.29, 1.82) is 0 Å². The van der Waals surface area contributed by atoms with Crippen molar-refractivity contribution in [3.05, 3.63) is 71.4 Å². The third kappa shape index (κ3) is 3.25. The molecule has 1 aromatic carbocycles. The second kappa shape index (κ2) is 6.30. The van der Waals surface area contributed by atoms with Gasteiger partial charge in [-0.05, 0) is 36.3 Å². The summed E-state index contributed by atoms with van der Waals surface area (Å²) in [7, 11) is 0. The van der Waals surface area contributed by atoms with Crippen LogP contribution in [0.25, 0.3) is 6.08 Å². The fourth-order valence-electron chi connectivity index (χ4n) is 2.19. The molecule has 0 saturated carbocycles. The second-order valence-corrected chi connectivity index (χ2v) is 4.89. The molecule has 0 radical (unpaired) electrons. The molecule has 1 N–H and O–H groups in total. The zero-order chi connectivity index (χ0) is 15.4. The molecular weight excluding hydrogens is 281 g/mol. The highest BCUT2D eigenvalue weighted by atomic mass is 19.1. The molecule has 5 heteroatoms. The standard InChI is InChI=1S/C17H14FN3O/c18-14-7-2-1-5-12(14)8-9-16-20-15(17(22)21-16)11-13-6-3-4-10-19-13/h1-7,10-11H,8-9H2,(H,20,21,22)/b15-11+. The number of carbonyl (C=O) groups is 1. The number of halogens is 1. The van der Waals surface area contributed by atoms with E-state index in [0.717, 1.165) is 0 Å². The lowest BCUT2D eigenvalue weighted by molar-refractivity contribution is -0.115. The smallest absolute Gasteiger partial charge is 0.275 e. The molecule has 0 atom stereocenters. The minimum Gasteiger partial charge on any atom is -0.309 e. The Balaban J connectivity index is 1.71. The normalized spacial score (nSPS) is 15.8. The predicted molar refractivity (Wildman–Crippen MR) is 82.5 cm³/mol. The van der Waals surface area contributed by atoms with Gasteiger partial charge in [0, 0.05) is 12.6 Å². The number of carbonyl (C=O) groups excluding carboxylic acids is 1. The lowest BCUT2D eigenvalue weighted by Crippen LogP contribution is -2.24. The second-order valence-electron chi connectivity index (χ2n) is 4.89. The summed E-state index contributed by atoms with van der Waals surface area (Å²) < 4.78 is 13.6. The van der Waals surface area contributed by atoms with E-state index in [1.54, 1.807) is 42.6 Å². The highest BCUT2D eigenvalue weighted by Crippen LogP contribution is 2.14. The quantitative estimate of drug-likeness (QED) is 0.882. The number of aryl methyl sites for hydroxylation is 1. The van der Waals surface area contributed by atoms with Gasteiger partial charge in [0.15, 0.2) is 0 Å². The molecule has 110 valence electrons. The number of aliphatic imine (C=N–C) groups is 1. The largest absolute Gasteiger partial charge is 0.309 e. The molecule has 22 heavy (non-hydrogen) atoms. The number of hydrogen-bond donors (Lipinski definition) is 1. The molecule has 1 amide bonds. The highest BCUT2D eigenvalue weighted by molar-refractivity contribution is 6.14. The zero-order valence-corrected chi connectivity index (χ0v) is 11.8. The van der Waals surface area contributed by atoms with E-state index in [1.807, 2.05) is 6.07 Å². The SMILES string of the molecule is O=C1NC(CCc2ccccc2F)=N/C1=C/c1ccccn1. The van der Waals surface area contributed by atoms with Crippen LogP contribution in [0.3, 0.4) is 0 Å². The first-order valence-corrected chi connectivity index (χ1v) is 6.97. The summed E-state index contributed by atoms with van der Waals surface area (Å²) in [5.41, 5.74) is 1.61. The molecule has 0 spiro atoms. The lowest BCUT2D eigenvalue weighted by Gasteiger charge is -2.02. The van der Waals surface area contributed by atoms with Crippen LogP contribution in [-0.4, -0.2) is 16.7 Å². The summed E-state index contributed by atoms with van der Waals surface area (Å²) in [6.07, 6.45) is 4.25. The fraction of sp³-hybridized carbons (Fsp3) is 0.118. The molecule has 0 saturated heterocycles. The summed E-state index contributed by atoms with van der Waals surface area (Å²) in [6, 6.07) is 12.1. The number of nitrogens with zero attached hydrogens (tertiary/aromatic N) is 2. The Morgan fingerprint density at radius 1 is 1.09 bits per heavy atom. The molecule has 2 heterocycles.